The van der Waals surface area contributed by atoms with Crippen molar-refractivity contribution in [3.8, 4) is 0 Å². The predicted molar refractivity (Wildman–Crippen MR) is 66.1 cm³/mol. The monoisotopic (exact) mass is 223 g/mol. The van der Waals surface area contributed by atoms with Gasteiger partial charge in [-0.05, 0) is 18.9 Å². The van der Waals surface area contributed by atoms with Gasteiger partial charge in [0.2, 0.25) is 0 Å². The molecule has 1 aromatic rings. The molecule has 3 nitrogen and oxygen atoms in total. The highest BCUT2D eigenvalue weighted by atomic mass is 16.5. The highest BCUT2D eigenvalue weighted by Crippen LogP contribution is 1.96. The number of hydrogen-bond acceptors (Lipinski definition) is 3. The number of nitrogens with two attached hydrogens (primary N) is 1. The van der Waals surface area contributed by atoms with Gasteiger partial charge in [0, 0.05) is 6.54 Å². The third-order valence-corrected chi connectivity index (χ3v) is 1.90. The minimum absolute atomic E-state index is 0.213. The van der Waals surface area contributed by atoms with E-state index in [1.165, 1.54) is 5.56 Å². The van der Waals surface area contributed by atoms with Gasteiger partial charge >= 0.3 is 5.97 Å². The molecule has 0 radical (unpaired) electrons. The van der Waals surface area contributed by atoms with Gasteiger partial charge in [-0.15, -0.1) is 0 Å². The van der Waals surface area contributed by atoms with Crippen molar-refractivity contribution in [3.05, 3.63) is 35.9 Å². The van der Waals surface area contributed by atoms with Crippen molar-refractivity contribution in [3.63, 3.8) is 0 Å². The van der Waals surface area contributed by atoms with E-state index in [0.717, 1.165) is 6.42 Å². The molecule has 1 rings (SSSR count). The largest absolute Gasteiger partial charge is 0.466 e. The molecule has 0 aliphatic carbocycles. The number of benzene rings is 1. The van der Waals surface area contributed by atoms with Crippen LogP contribution in [0, 0.1) is 0 Å². The first-order valence-corrected chi connectivity index (χ1v) is 5.64. The third-order valence-electron chi connectivity index (χ3n) is 1.90. The van der Waals surface area contributed by atoms with Crippen LogP contribution in [0.3, 0.4) is 0 Å². The van der Waals surface area contributed by atoms with Crippen LogP contribution in [0.2, 0.25) is 0 Å². The van der Waals surface area contributed by atoms with Gasteiger partial charge in [0.15, 0.2) is 0 Å². The second kappa shape index (κ2) is 10.2. The molecule has 0 saturated heterocycles. The maximum absolute atomic E-state index is 10.3. The van der Waals surface area contributed by atoms with Crippen LogP contribution in [-0.2, 0) is 16.0 Å². The van der Waals surface area contributed by atoms with E-state index < -0.39 is 0 Å². The second-order valence-electron chi connectivity index (χ2n) is 3.18. The average Bonchev–Trinajstić information content (AvgIpc) is 2.32. The van der Waals surface area contributed by atoms with Gasteiger partial charge in [-0.1, -0.05) is 37.3 Å². The van der Waals surface area contributed by atoms with Gasteiger partial charge in [-0.25, -0.2) is 0 Å². The van der Waals surface area contributed by atoms with Gasteiger partial charge in [-0.3, -0.25) is 4.79 Å². The summed E-state index contributed by atoms with van der Waals surface area (Å²) in [5.74, 6) is -0.213. The molecular formula is C13H21NO2. The summed E-state index contributed by atoms with van der Waals surface area (Å²) in [5.41, 5.74) is 6.47. The molecular weight excluding hydrogens is 202 g/mol. The van der Waals surface area contributed by atoms with Gasteiger partial charge in [0.1, 0.15) is 0 Å². The summed E-state index contributed by atoms with van der Waals surface area (Å²) in [7, 11) is 0. The van der Waals surface area contributed by atoms with E-state index in [0.29, 0.717) is 19.6 Å². The maximum Gasteiger partial charge on any atom is 0.307 e. The molecule has 90 valence electrons. The van der Waals surface area contributed by atoms with Gasteiger partial charge in [-0.2, -0.15) is 0 Å². The van der Waals surface area contributed by atoms with Crippen molar-refractivity contribution in [2.45, 2.75) is 26.7 Å². The van der Waals surface area contributed by atoms with Crippen LogP contribution < -0.4 is 5.73 Å². The summed E-state index contributed by atoms with van der Waals surface area (Å²) < 4.78 is 4.56. The lowest BCUT2D eigenvalue weighted by Crippen LogP contribution is -2.10. The van der Waals surface area contributed by atoms with E-state index in [2.05, 4.69) is 35.9 Å². The average molecular weight is 223 g/mol. The Labute approximate surface area is 97.6 Å². The van der Waals surface area contributed by atoms with Gasteiger partial charge in [0.05, 0.1) is 13.0 Å². The number of carbonyl (C=O) groups excluding carboxylic acids is 1. The zero-order valence-corrected chi connectivity index (χ0v) is 10.1. The maximum atomic E-state index is 10.3. The molecule has 0 atom stereocenters. The Morgan fingerprint density at radius 1 is 1.25 bits per heavy atom. The molecule has 2 N–H and O–H groups in total. The number of aryl methyl sites for hydroxylation is 1. The standard InChI is InChI=1S/C8H10.C5H11NO2/c1-2-8-6-4-3-5-7-8;1-2-8-5(7)3-4-6/h3-7H,2H2,1H3;2-4,6H2,1H3. The number of esters is 1. The summed E-state index contributed by atoms with van der Waals surface area (Å²) >= 11 is 0. The van der Waals surface area contributed by atoms with E-state index in [1.807, 2.05) is 6.07 Å². The van der Waals surface area contributed by atoms with Crippen molar-refractivity contribution < 1.29 is 9.53 Å². The van der Waals surface area contributed by atoms with Crippen LogP contribution in [0.4, 0.5) is 0 Å². The number of carbonyl (C=O) groups is 1. The van der Waals surface area contributed by atoms with E-state index >= 15 is 0 Å². The molecule has 0 aliphatic heterocycles. The summed E-state index contributed by atoms with van der Waals surface area (Å²) in [6.07, 6.45) is 1.47. The number of ether oxygens (including phenoxy) is 1. The topological polar surface area (TPSA) is 52.3 Å². The zero-order valence-electron chi connectivity index (χ0n) is 10.1. The van der Waals surface area contributed by atoms with Crippen LogP contribution in [0.15, 0.2) is 30.3 Å². The smallest absolute Gasteiger partial charge is 0.307 e. The molecule has 3 heteroatoms. The second-order valence-corrected chi connectivity index (χ2v) is 3.18. The molecule has 1 aromatic carbocycles. The first-order valence-electron chi connectivity index (χ1n) is 5.64. The summed E-state index contributed by atoms with van der Waals surface area (Å²) in [4.78, 5) is 10.3. The molecule has 0 heterocycles. The minimum atomic E-state index is -0.213. The fraction of sp³-hybridized carbons (Fsp3) is 0.462. The SMILES string of the molecule is CCOC(=O)CCN.CCc1ccccc1. The van der Waals surface area contributed by atoms with Crippen molar-refractivity contribution in [1.29, 1.82) is 0 Å². The van der Waals surface area contributed by atoms with Crippen LogP contribution in [0.1, 0.15) is 25.8 Å². The van der Waals surface area contributed by atoms with Crippen molar-refractivity contribution in [1.82, 2.24) is 0 Å². The third kappa shape index (κ3) is 8.00. The Bertz CT molecular complexity index is 265. The van der Waals surface area contributed by atoms with Crippen molar-refractivity contribution in [2.75, 3.05) is 13.2 Å². The minimum Gasteiger partial charge on any atom is -0.466 e. The lowest BCUT2D eigenvalue weighted by atomic mass is 10.2. The molecule has 16 heavy (non-hydrogen) atoms. The van der Waals surface area contributed by atoms with Crippen LogP contribution in [0.25, 0.3) is 0 Å². The van der Waals surface area contributed by atoms with Gasteiger partial charge < -0.3 is 10.5 Å². The molecule has 0 amide bonds. The number of rotatable bonds is 4. The molecule has 0 aliphatic rings. The quantitative estimate of drug-likeness (QED) is 0.796. The Morgan fingerprint density at radius 3 is 2.25 bits per heavy atom. The highest BCUT2D eigenvalue weighted by Gasteiger charge is 1.95. The molecule has 0 unspecified atom stereocenters. The fourth-order valence-electron chi connectivity index (χ4n) is 1.06. The van der Waals surface area contributed by atoms with E-state index in [1.54, 1.807) is 6.92 Å². The fourth-order valence-corrected chi connectivity index (χ4v) is 1.06. The predicted octanol–water partition coefficient (Wildman–Crippen LogP) is 2.15. The first kappa shape index (κ1) is 14.6. The van der Waals surface area contributed by atoms with E-state index in [4.69, 9.17) is 5.73 Å². The Balaban J connectivity index is 0.000000281. The zero-order chi connectivity index (χ0) is 12.2. The highest BCUT2D eigenvalue weighted by molar-refractivity contribution is 5.69. The van der Waals surface area contributed by atoms with Gasteiger partial charge in [0.25, 0.3) is 0 Å². The summed E-state index contributed by atoms with van der Waals surface area (Å²) in [6, 6.07) is 10.5. The van der Waals surface area contributed by atoms with E-state index in [-0.39, 0.29) is 5.97 Å². The van der Waals surface area contributed by atoms with Crippen LogP contribution in [0.5, 0.6) is 0 Å². The van der Waals surface area contributed by atoms with E-state index in [9.17, 15) is 4.79 Å². The lowest BCUT2D eigenvalue weighted by molar-refractivity contribution is -0.142. The Morgan fingerprint density at radius 2 is 1.88 bits per heavy atom. The van der Waals surface area contributed by atoms with Crippen LogP contribution >= 0.6 is 0 Å². The number of hydrogen-bond donors (Lipinski definition) is 1. The Kier molecular flexibility index (Phi) is 9.32. The summed E-state index contributed by atoms with van der Waals surface area (Å²) in [5, 5.41) is 0. The normalized spacial score (nSPS) is 8.94. The van der Waals surface area contributed by atoms with Crippen molar-refractivity contribution in [2.24, 2.45) is 5.73 Å². The molecule has 0 bridgehead atoms. The first-order chi connectivity index (χ1) is 7.74. The summed E-state index contributed by atoms with van der Waals surface area (Å²) in [6.45, 7) is 4.75. The molecule has 0 fully saturated rings. The molecule has 0 aromatic heterocycles. The Hall–Kier alpha value is -1.35. The van der Waals surface area contributed by atoms with Crippen LogP contribution in [-0.4, -0.2) is 19.1 Å². The molecule has 0 spiro atoms. The molecule has 0 saturated carbocycles. The lowest BCUT2D eigenvalue weighted by Gasteiger charge is -1.96. The van der Waals surface area contributed by atoms with Crippen molar-refractivity contribution >= 4 is 5.97 Å².